The second kappa shape index (κ2) is 6.78. The zero-order valence-electron chi connectivity index (χ0n) is 11.3. The van der Waals surface area contributed by atoms with Crippen LogP contribution in [0, 0.1) is 15.9 Å². The van der Waals surface area contributed by atoms with E-state index in [4.69, 9.17) is 0 Å². The Bertz CT molecular complexity index is 664. The van der Waals surface area contributed by atoms with Gasteiger partial charge in [0.1, 0.15) is 5.82 Å². The summed E-state index contributed by atoms with van der Waals surface area (Å²) in [5.74, 6) is -0.315. The van der Waals surface area contributed by atoms with Crippen molar-refractivity contribution in [2.24, 2.45) is 0 Å². The molecule has 0 saturated carbocycles. The monoisotopic (exact) mass is 352 g/mol. The molecule has 0 heterocycles. The second-order valence-corrected chi connectivity index (χ2v) is 5.52. The minimum absolute atomic E-state index is 0.0540. The minimum atomic E-state index is -0.393. The third-order valence-corrected chi connectivity index (χ3v) is 3.84. The molecule has 1 unspecified atom stereocenters. The van der Waals surface area contributed by atoms with Crippen LogP contribution in [0.5, 0.6) is 0 Å². The third-order valence-electron chi connectivity index (χ3n) is 3.23. The van der Waals surface area contributed by atoms with Gasteiger partial charge >= 0.3 is 0 Å². The fraction of sp³-hybridized carbons (Fsp3) is 0.200. The van der Waals surface area contributed by atoms with Gasteiger partial charge in [0.2, 0.25) is 0 Å². The van der Waals surface area contributed by atoms with E-state index in [2.05, 4.69) is 21.2 Å². The van der Waals surface area contributed by atoms with E-state index in [-0.39, 0.29) is 17.5 Å². The number of para-hydroxylation sites is 1. The van der Waals surface area contributed by atoms with E-state index in [0.29, 0.717) is 16.6 Å². The number of hydrogen-bond donors (Lipinski definition) is 1. The Balaban J connectivity index is 2.09. The number of hydrogen-bond acceptors (Lipinski definition) is 3. The zero-order valence-corrected chi connectivity index (χ0v) is 12.9. The highest BCUT2D eigenvalue weighted by atomic mass is 79.9. The van der Waals surface area contributed by atoms with Crippen LogP contribution in [-0.2, 0) is 6.54 Å². The lowest BCUT2D eigenvalue weighted by atomic mass is 10.1. The van der Waals surface area contributed by atoms with Crippen LogP contribution in [0.1, 0.15) is 24.1 Å². The maximum absolute atomic E-state index is 13.2. The molecular formula is C15H14BrFN2O2. The van der Waals surface area contributed by atoms with Crippen molar-refractivity contribution in [2.75, 3.05) is 0 Å². The van der Waals surface area contributed by atoms with Crippen LogP contribution in [0.25, 0.3) is 0 Å². The van der Waals surface area contributed by atoms with Crippen molar-refractivity contribution in [1.29, 1.82) is 0 Å². The number of halogens is 2. The van der Waals surface area contributed by atoms with E-state index in [9.17, 15) is 14.5 Å². The molecule has 1 N–H and O–H groups in total. The average Bonchev–Trinajstić information content (AvgIpc) is 2.47. The molecule has 4 nitrogen and oxygen atoms in total. The van der Waals surface area contributed by atoms with Crippen LogP contribution >= 0.6 is 15.9 Å². The Morgan fingerprint density at radius 1 is 1.33 bits per heavy atom. The highest BCUT2D eigenvalue weighted by molar-refractivity contribution is 9.10. The van der Waals surface area contributed by atoms with E-state index in [0.717, 1.165) is 5.56 Å². The Morgan fingerprint density at radius 2 is 2.05 bits per heavy atom. The van der Waals surface area contributed by atoms with E-state index >= 15 is 0 Å². The smallest absolute Gasteiger partial charge is 0.273 e. The Morgan fingerprint density at radius 3 is 2.71 bits per heavy atom. The van der Waals surface area contributed by atoms with Crippen LogP contribution < -0.4 is 5.32 Å². The summed E-state index contributed by atoms with van der Waals surface area (Å²) in [4.78, 5) is 10.6. The Hall–Kier alpha value is -1.79. The first-order valence-electron chi connectivity index (χ1n) is 6.39. The molecule has 2 aromatic carbocycles. The zero-order chi connectivity index (χ0) is 15.4. The lowest BCUT2D eigenvalue weighted by Gasteiger charge is -2.15. The van der Waals surface area contributed by atoms with Crippen molar-refractivity contribution >= 4 is 21.6 Å². The van der Waals surface area contributed by atoms with Crippen molar-refractivity contribution < 1.29 is 9.31 Å². The molecule has 0 spiro atoms. The second-order valence-electron chi connectivity index (χ2n) is 4.66. The minimum Gasteiger partial charge on any atom is -0.306 e. The van der Waals surface area contributed by atoms with E-state index < -0.39 is 4.92 Å². The van der Waals surface area contributed by atoms with Crippen molar-refractivity contribution in [1.82, 2.24) is 5.32 Å². The largest absolute Gasteiger partial charge is 0.306 e. The van der Waals surface area contributed by atoms with Crippen LogP contribution in [0.2, 0.25) is 0 Å². The van der Waals surface area contributed by atoms with Crippen LogP contribution in [0.3, 0.4) is 0 Å². The van der Waals surface area contributed by atoms with Gasteiger partial charge in [0.05, 0.1) is 9.40 Å². The van der Waals surface area contributed by atoms with E-state index in [1.54, 1.807) is 30.3 Å². The van der Waals surface area contributed by atoms with Gasteiger partial charge in [-0.15, -0.1) is 0 Å². The van der Waals surface area contributed by atoms with Gasteiger partial charge in [0.15, 0.2) is 0 Å². The SMILES string of the molecule is CC(NCc1ccccc1[N+](=O)[O-])c1ccc(F)c(Br)c1. The van der Waals surface area contributed by atoms with Gasteiger partial charge in [0, 0.05) is 24.2 Å². The van der Waals surface area contributed by atoms with Crippen molar-refractivity contribution in [3.63, 3.8) is 0 Å². The molecule has 0 aliphatic rings. The molecule has 0 amide bonds. The lowest BCUT2D eigenvalue weighted by Crippen LogP contribution is -2.18. The number of nitrogens with one attached hydrogen (secondary N) is 1. The van der Waals surface area contributed by atoms with Gasteiger partial charge in [0.25, 0.3) is 5.69 Å². The molecule has 0 aliphatic carbocycles. The normalized spacial score (nSPS) is 12.1. The van der Waals surface area contributed by atoms with Gasteiger partial charge in [-0.3, -0.25) is 10.1 Å². The van der Waals surface area contributed by atoms with Crippen LogP contribution in [-0.4, -0.2) is 4.92 Å². The first-order valence-corrected chi connectivity index (χ1v) is 7.19. The summed E-state index contributed by atoms with van der Waals surface area (Å²) < 4.78 is 13.6. The lowest BCUT2D eigenvalue weighted by molar-refractivity contribution is -0.385. The molecule has 2 aromatic rings. The quantitative estimate of drug-likeness (QED) is 0.642. The van der Waals surface area contributed by atoms with Gasteiger partial charge < -0.3 is 5.32 Å². The predicted octanol–water partition coefficient (Wildman–Crippen LogP) is 4.35. The molecule has 0 aromatic heterocycles. The summed E-state index contributed by atoms with van der Waals surface area (Å²) in [6.07, 6.45) is 0. The van der Waals surface area contributed by atoms with E-state index in [1.807, 2.05) is 6.92 Å². The summed E-state index contributed by atoms with van der Waals surface area (Å²) in [6, 6.07) is 11.3. The van der Waals surface area contributed by atoms with Crippen molar-refractivity contribution in [3.8, 4) is 0 Å². The first-order chi connectivity index (χ1) is 9.99. The summed E-state index contributed by atoms with van der Waals surface area (Å²) in [5, 5.41) is 14.2. The molecule has 0 bridgehead atoms. The molecule has 0 saturated heterocycles. The molecular weight excluding hydrogens is 339 g/mol. The van der Waals surface area contributed by atoms with Gasteiger partial charge in [-0.2, -0.15) is 0 Å². The average molecular weight is 353 g/mol. The summed E-state index contributed by atoms with van der Waals surface area (Å²) in [7, 11) is 0. The predicted molar refractivity (Wildman–Crippen MR) is 82.5 cm³/mol. The standard InChI is InChI=1S/C15H14BrFN2O2/c1-10(11-6-7-14(17)13(16)8-11)18-9-12-4-2-3-5-15(12)19(20)21/h2-8,10,18H,9H2,1H3. The topological polar surface area (TPSA) is 55.2 Å². The molecule has 0 radical (unpaired) electrons. The van der Waals surface area contributed by atoms with Gasteiger partial charge in [-0.25, -0.2) is 4.39 Å². The van der Waals surface area contributed by atoms with Crippen molar-refractivity contribution in [2.45, 2.75) is 19.5 Å². The molecule has 1 atom stereocenters. The highest BCUT2D eigenvalue weighted by Gasteiger charge is 2.14. The summed E-state index contributed by atoms with van der Waals surface area (Å²) in [5.41, 5.74) is 1.62. The number of nitro groups is 1. The maximum Gasteiger partial charge on any atom is 0.273 e. The number of nitrogens with zero attached hydrogens (tertiary/aromatic N) is 1. The molecule has 2 rings (SSSR count). The number of rotatable bonds is 5. The first kappa shape index (κ1) is 15.6. The van der Waals surface area contributed by atoms with Crippen LogP contribution in [0.15, 0.2) is 46.9 Å². The Labute approximate surface area is 130 Å². The fourth-order valence-corrected chi connectivity index (χ4v) is 2.40. The van der Waals surface area contributed by atoms with Gasteiger partial charge in [-0.05, 0) is 40.5 Å². The van der Waals surface area contributed by atoms with Crippen LogP contribution in [0.4, 0.5) is 10.1 Å². The molecule has 0 aliphatic heterocycles. The fourth-order valence-electron chi connectivity index (χ4n) is 2.00. The summed E-state index contributed by atoms with van der Waals surface area (Å²) in [6.45, 7) is 2.29. The third kappa shape index (κ3) is 3.86. The van der Waals surface area contributed by atoms with Crippen molar-refractivity contribution in [3.05, 3.63) is 74.0 Å². The number of benzene rings is 2. The highest BCUT2D eigenvalue weighted by Crippen LogP contribution is 2.23. The summed E-state index contributed by atoms with van der Waals surface area (Å²) >= 11 is 3.15. The molecule has 21 heavy (non-hydrogen) atoms. The maximum atomic E-state index is 13.2. The molecule has 110 valence electrons. The molecule has 6 heteroatoms. The Kier molecular flexibility index (Phi) is 5.03. The van der Waals surface area contributed by atoms with E-state index in [1.165, 1.54) is 12.1 Å². The molecule has 0 fully saturated rings. The number of nitro benzene ring substituents is 1. The van der Waals surface area contributed by atoms with Gasteiger partial charge in [-0.1, -0.05) is 24.3 Å².